The van der Waals surface area contributed by atoms with Crippen LogP contribution in [0.5, 0.6) is 11.8 Å². The topological polar surface area (TPSA) is 605 Å². The van der Waals surface area contributed by atoms with Gasteiger partial charge in [0, 0.05) is 0 Å². The van der Waals surface area contributed by atoms with Crippen LogP contribution >= 0.6 is 7.82 Å². The van der Waals surface area contributed by atoms with E-state index in [0.29, 0.717) is 0 Å². The van der Waals surface area contributed by atoms with Gasteiger partial charge in [-0.2, -0.15) is 0 Å². The van der Waals surface area contributed by atoms with E-state index >= 15 is 0 Å². The number of H-pyrrole nitrogens is 1. The van der Waals surface area contributed by atoms with Crippen molar-refractivity contribution in [3.63, 3.8) is 0 Å². The van der Waals surface area contributed by atoms with Crippen LogP contribution in [-0.4, -0.2) is 13.7 Å². The number of nitrogens with zero attached hydrogens (tertiary/aromatic N) is 1. The Morgan fingerprint density at radius 3 is 1.06 bits per heavy atom. The van der Waals surface area contributed by atoms with Gasteiger partial charge in [0.05, 0.1) is 0 Å². The van der Waals surface area contributed by atoms with Crippen LogP contribution in [0, 0.1) is 0 Å². The number of para-hydroxylation sites is 3. The fourth-order valence-corrected chi connectivity index (χ4v) is 64.3. The van der Waals surface area contributed by atoms with Gasteiger partial charge < -0.3 is 0 Å². The molecule has 55 heteroatoms. The van der Waals surface area contributed by atoms with Gasteiger partial charge in [-0.05, 0) is 0 Å². The summed E-state index contributed by atoms with van der Waals surface area (Å²) < 4.78 is 358. The third-order valence-corrected chi connectivity index (χ3v) is 66.7. The second-order valence-corrected chi connectivity index (χ2v) is 60.2. The molecule has 0 saturated carbocycles. The van der Waals surface area contributed by atoms with Crippen LogP contribution in [0.25, 0.3) is 11.0 Å². The molecule has 0 bridgehead atoms. The summed E-state index contributed by atoms with van der Waals surface area (Å²) in [6, 6.07) is 9.46. The number of hydrogen-bond acceptors (Lipinski definition) is 40. The van der Waals surface area contributed by atoms with Gasteiger partial charge in [0.1, 0.15) is 0 Å². The van der Waals surface area contributed by atoms with E-state index in [1.807, 2.05) is 0 Å². The minimum absolute atomic E-state index is 0.0183. The van der Waals surface area contributed by atoms with Crippen LogP contribution < -0.4 is 6.78 Å². The molecule has 2 N–H and O–H groups in total. The second kappa shape index (κ2) is 22.5. The molecule has 0 aliphatic rings. The maximum absolute atomic E-state index is 13.2. The van der Waals surface area contributed by atoms with Gasteiger partial charge in [-0.3, -0.25) is 0 Å². The Bertz CT molecular complexity index is 3850. The number of rotatable bonds is 28. The summed E-state index contributed by atoms with van der Waals surface area (Å²) in [5.74, 6) is -0.680. The third-order valence-electron chi connectivity index (χ3n) is 4.54. The van der Waals surface area contributed by atoms with Crippen molar-refractivity contribution >= 4 is 18.9 Å². The van der Waals surface area contributed by atoms with Crippen molar-refractivity contribution in [2.75, 3.05) is 0 Å². The Labute approximate surface area is 413 Å². The first-order chi connectivity index (χ1) is 30.1. The van der Waals surface area contributed by atoms with E-state index in [-0.39, 0.29) is 11.0 Å². The predicted octanol–water partition coefficient (Wildman–Crippen LogP) is -0.581. The summed E-state index contributed by atoms with van der Waals surface area (Å²) in [4.78, 5) is 5.72. The molecule has 0 saturated heterocycles. The summed E-state index contributed by atoms with van der Waals surface area (Å²) in [5.41, 5.74) is 0.0328. The SMILES string of the molecule is O=P([O][Mo](=[O])(=[O])[O][Mo](=[O])(=[O])[O][Mo](=[O])(=[O])[O][Mo](=[O])(=[O])[OH])([O][Mo](=[O])(=[O])[O][Mo](=[O])(=[O])[O][Mo](=[O])(=[O])[O][Mo](=[O])(=[O])[O]c1ccccc1)[O][Mo](=[O])(=[O])[O][Mo](=[O])(=[O])[O][Mo](=[O])(=[O])[O][Mo](=[O])(=[O])[O]c1nc2ccccc2[nH]1. The van der Waals surface area contributed by atoms with Crippen molar-refractivity contribution < 1.29 is 326 Å². The number of benzene rings is 2. The molecular formula is C13H11Mo12N2O40P. The Kier molecular flexibility index (Phi) is 20.8. The normalized spacial score (nSPS) is 15.4. The van der Waals surface area contributed by atoms with Gasteiger partial charge in [-0.25, -0.2) is 0 Å². The van der Waals surface area contributed by atoms with E-state index in [0.717, 1.165) is 24.3 Å². The number of aromatic amines is 1. The predicted molar refractivity (Wildman–Crippen MR) is 103 cm³/mol. The van der Waals surface area contributed by atoms with Crippen LogP contribution in [0.15, 0.2) is 54.6 Å². The van der Waals surface area contributed by atoms with Crippen LogP contribution in [0.1, 0.15) is 0 Å². The average Bonchev–Trinajstić information content (AvgIpc) is 3.38. The molecule has 390 valence electrons. The zero-order chi connectivity index (χ0) is 52.5. The first kappa shape index (κ1) is 63.0. The van der Waals surface area contributed by atoms with Gasteiger partial charge in [-0.1, -0.05) is 0 Å². The number of phosphoric acid groups is 1. The van der Waals surface area contributed by atoms with Crippen molar-refractivity contribution in [3.8, 4) is 11.8 Å². The molecular weight excluding hydrogens is 2010 g/mol. The van der Waals surface area contributed by atoms with E-state index < -0.39 is 221 Å². The van der Waals surface area contributed by atoms with Gasteiger partial charge in [0.25, 0.3) is 0 Å². The molecule has 3 rings (SSSR count). The van der Waals surface area contributed by atoms with E-state index in [4.69, 9.17) is 3.76 Å². The number of fused-ring (bicyclic) bond motifs is 1. The van der Waals surface area contributed by atoms with Crippen LogP contribution in [-0.2, 0) is 315 Å². The molecule has 1 atom stereocenters. The molecule has 1 aromatic heterocycles. The standard InChI is InChI=1S/C7H6N2O.C6H6O.12Mo.H3O4P.H2O.33O/c10-7-8-5-3-1-2-4-6(5)9-7;7-6-4-2-1-3-5-6;;;;;;;;;;;;;1-5(2,3)4;;;;;;;;;;;;;;;;;;;;;;;;;;;;;;;;;;/h1-4H,(H2,8,9,10);1-5,7H;;;;;;;;;;;;;(H3,1,2,3,4);1H2;;;;;;;;;;;;;;;;;;;;;;;;;;;;;;;;;/q;;;;;;;;6*+1;;;;;;;;;;;;;;;;;;;;;;;;;;;;;;;;;;;/p-6. The zero-order valence-corrected chi connectivity index (χ0v) is 54.8. The molecule has 2 aromatic carbocycles. The fourth-order valence-electron chi connectivity index (χ4n) is 3.09. The monoisotopic (exact) mass is 2040 g/mol. The number of aromatic nitrogens is 2. The molecule has 0 aliphatic heterocycles. The van der Waals surface area contributed by atoms with Crippen LogP contribution in [0.4, 0.5) is 0 Å². The van der Waals surface area contributed by atoms with Gasteiger partial charge in [-0.15, -0.1) is 0 Å². The van der Waals surface area contributed by atoms with Gasteiger partial charge in [0.2, 0.25) is 0 Å². The van der Waals surface area contributed by atoms with E-state index in [1.165, 1.54) is 30.3 Å². The van der Waals surface area contributed by atoms with Crippen molar-refractivity contribution in [1.82, 2.24) is 9.97 Å². The van der Waals surface area contributed by atoms with Gasteiger partial charge >= 0.3 is 421 Å². The average molecular weight is 2020 g/mol. The maximum atomic E-state index is 13.2. The van der Waals surface area contributed by atoms with Gasteiger partial charge in [0.15, 0.2) is 0 Å². The molecule has 68 heavy (non-hydrogen) atoms. The molecule has 0 spiro atoms. The first-order valence-electron chi connectivity index (χ1n) is 13.8. The van der Waals surface area contributed by atoms with Crippen molar-refractivity contribution in [2.45, 2.75) is 0 Å². The van der Waals surface area contributed by atoms with E-state index in [9.17, 15) is 86.1 Å². The summed E-state index contributed by atoms with van der Waals surface area (Å²) in [5, 5.41) is 0. The Hall–Kier alpha value is 0.680. The Morgan fingerprint density at radius 2 is 0.691 bits per heavy atom. The summed E-state index contributed by atoms with van der Waals surface area (Å²) in [7, 11) is -7.97. The minimum atomic E-state index is -8.90. The molecule has 0 fully saturated rings. The van der Waals surface area contributed by atoms with Crippen LogP contribution in [0.2, 0.25) is 0 Å². The number of imidazole rings is 1. The quantitative estimate of drug-likeness (QED) is 0.0678. The fraction of sp³-hybridized carbons (Fsp3) is 0. The zero-order valence-electron chi connectivity index (χ0n) is 29.9. The first-order valence-corrected chi connectivity index (χ1v) is 54.7. The molecule has 1 unspecified atom stereocenters. The molecule has 42 nitrogen and oxygen atoms in total. The third kappa shape index (κ3) is 23.9. The second-order valence-electron chi connectivity index (χ2n) is 9.74. The number of hydrogen-bond donors (Lipinski definition) is 2. The van der Waals surface area contributed by atoms with Crippen molar-refractivity contribution in [1.29, 1.82) is 0 Å². The molecule has 3 aromatic rings. The molecule has 0 amide bonds. The Morgan fingerprint density at radius 1 is 0.382 bits per heavy atom. The summed E-state index contributed by atoms with van der Waals surface area (Å²) >= 11 is -98.2. The molecule has 1 heterocycles. The van der Waals surface area contributed by atoms with E-state index in [1.54, 1.807) is 0 Å². The van der Waals surface area contributed by atoms with Crippen LogP contribution in [0.3, 0.4) is 0 Å². The molecule has 0 aliphatic carbocycles. The number of nitrogens with one attached hydrogen (secondary N) is 1. The molecule has 0 radical (unpaired) electrons. The van der Waals surface area contributed by atoms with Crippen molar-refractivity contribution in [2.24, 2.45) is 0 Å². The summed E-state index contributed by atoms with van der Waals surface area (Å²) in [6.07, 6.45) is 0. The van der Waals surface area contributed by atoms with Crippen molar-refractivity contribution in [3.05, 3.63) is 54.6 Å². The van der Waals surface area contributed by atoms with E-state index in [2.05, 4.69) is 44.7 Å². The Balaban J connectivity index is 1.94. The summed E-state index contributed by atoms with van der Waals surface area (Å²) in [6.45, 7) is 0.